The molecule has 1 aromatic heterocycles. The number of aromatic amines is 1. The van der Waals surface area contributed by atoms with Gasteiger partial charge in [-0.25, -0.2) is 0 Å². The molecule has 0 radical (unpaired) electrons. The summed E-state index contributed by atoms with van der Waals surface area (Å²) in [5.41, 5.74) is 3.65. The van der Waals surface area contributed by atoms with Crippen molar-refractivity contribution >= 4 is 11.6 Å². The van der Waals surface area contributed by atoms with Crippen LogP contribution in [0.2, 0.25) is 5.02 Å². The highest BCUT2D eigenvalue weighted by atomic mass is 35.5. The Morgan fingerprint density at radius 2 is 1.45 bits per heavy atom. The molecule has 110 valence electrons. The summed E-state index contributed by atoms with van der Waals surface area (Å²) < 4.78 is 0. The Kier molecular flexibility index (Phi) is 8.66. The Labute approximate surface area is 126 Å². The van der Waals surface area contributed by atoms with Gasteiger partial charge in [0, 0.05) is 21.8 Å². The molecule has 1 aromatic carbocycles. The van der Waals surface area contributed by atoms with Crippen molar-refractivity contribution in [3.63, 3.8) is 0 Å². The maximum absolute atomic E-state index is 11.4. The highest BCUT2D eigenvalue weighted by Crippen LogP contribution is 2.23. The molecule has 0 spiro atoms. The topological polar surface area (TPSA) is 32.9 Å². The fourth-order valence-electron chi connectivity index (χ4n) is 1.66. The molecule has 0 aliphatic carbocycles. The normalized spacial score (nSPS) is 8.95. The first-order chi connectivity index (χ1) is 9.58. The molecule has 0 atom stereocenters. The number of H-pyrrole nitrogens is 1. The van der Waals surface area contributed by atoms with Crippen molar-refractivity contribution in [1.82, 2.24) is 4.98 Å². The number of aryl methyl sites for hydroxylation is 2. The van der Waals surface area contributed by atoms with Crippen molar-refractivity contribution in [2.75, 3.05) is 0 Å². The summed E-state index contributed by atoms with van der Waals surface area (Å²) in [6, 6.07) is 9.48. The lowest BCUT2D eigenvalue weighted by Gasteiger charge is -2.06. The van der Waals surface area contributed by atoms with E-state index in [0.717, 1.165) is 22.4 Å². The van der Waals surface area contributed by atoms with E-state index in [1.165, 1.54) is 0 Å². The van der Waals surface area contributed by atoms with Crippen molar-refractivity contribution in [3.05, 3.63) is 57.0 Å². The monoisotopic (exact) mass is 293 g/mol. The molecule has 1 heterocycles. The van der Waals surface area contributed by atoms with E-state index in [4.69, 9.17) is 11.6 Å². The van der Waals surface area contributed by atoms with Crippen LogP contribution in [-0.4, -0.2) is 4.98 Å². The number of aromatic nitrogens is 1. The SMILES string of the molecule is CC.CC.Cc1[nH]c(=O)c(C)cc1-c1ccc(Cl)cc1. The quantitative estimate of drug-likeness (QED) is 0.754. The second kappa shape index (κ2) is 9.38. The maximum atomic E-state index is 11.4. The van der Waals surface area contributed by atoms with Gasteiger partial charge >= 0.3 is 0 Å². The molecular weight excluding hydrogens is 270 g/mol. The Balaban J connectivity index is 0.000000829. The fourth-order valence-corrected chi connectivity index (χ4v) is 1.78. The van der Waals surface area contributed by atoms with E-state index in [0.29, 0.717) is 5.02 Å². The molecule has 2 nitrogen and oxygen atoms in total. The van der Waals surface area contributed by atoms with Gasteiger partial charge in [-0.15, -0.1) is 0 Å². The Hall–Kier alpha value is -1.54. The zero-order chi connectivity index (χ0) is 15.7. The van der Waals surface area contributed by atoms with E-state index in [2.05, 4.69) is 4.98 Å². The van der Waals surface area contributed by atoms with E-state index < -0.39 is 0 Å². The summed E-state index contributed by atoms with van der Waals surface area (Å²) >= 11 is 5.84. The largest absolute Gasteiger partial charge is 0.326 e. The molecule has 0 unspecified atom stereocenters. The van der Waals surface area contributed by atoms with E-state index in [1.54, 1.807) is 6.92 Å². The minimum atomic E-state index is -0.0322. The first-order valence-electron chi connectivity index (χ1n) is 7.04. The molecule has 0 aliphatic rings. The van der Waals surface area contributed by atoms with Crippen LogP contribution in [0.5, 0.6) is 0 Å². The Bertz CT molecular complexity index is 571. The van der Waals surface area contributed by atoms with E-state index in [1.807, 2.05) is 65.0 Å². The second-order valence-electron chi connectivity index (χ2n) is 3.83. The van der Waals surface area contributed by atoms with Gasteiger partial charge in [-0.05, 0) is 37.6 Å². The van der Waals surface area contributed by atoms with Gasteiger partial charge < -0.3 is 4.98 Å². The number of hydrogen-bond acceptors (Lipinski definition) is 1. The van der Waals surface area contributed by atoms with Crippen LogP contribution in [0, 0.1) is 13.8 Å². The van der Waals surface area contributed by atoms with Gasteiger partial charge in [0.1, 0.15) is 0 Å². The predicted octanol–water partition coefficient (Wildman–Crippen LogP) is 5.36. The van der Waals surface area contributed by atoms with E-state index in [9.17, 15) is 4.79 Å². The minimum Gasteiger partial charge on any atom is -0.326 e. The third-order valence-corrected chi connectivity index (χ3v) is 2.83. The van der Waals surface area contributed by atoms with Crippen LogP contribution in [-0.2, 0) is 0 Å². The first-order valence-corrected chi connectivity index (χ1v) is 7.42. The van der Waals surface area contributed by atoms with Gasteiger partial charge in [0.2, 0.25) is 0 Å². The van der Waals surface area contributed by atoms with Crippen LogP contribution in [0.1, 0.15) is 39.0 Å². The van der Waals surface area contributed by atoms with Crippen LogP contribution >= 0.6 is 11.6 Å². The fraction of sp³-hybridized carbons (Fsp3) is 0.353. The standard InChI is InChI=1S/C13H12ClNO.2C2H6/c1-8-7-12(9(2)15-13(8)16)10-3-5-11(14)6-4-10;2*1-2/h3-7H,1-2H3,(H,15,16);2*1-2H3. The lowest BCUT2D eigenvalue weighted by molar-refractivity contribution is 1.11. The van der Waals surface area contributed by atoms with Crippen LogP contribution in [0.4, 0.5) is 0 Å². The predicted molar refractivity (Wildman–Crippen MR) is 89.7 cm³/mol. The minimum absolute atomic E-state index is 0.0322. The lowest BCUT2D eigenvalue weighted by Crippen LogP contribution is -2.11. The number of rotatable bonds is 1. The van der Waals surface area contributed by atoms with Crippen molar-refractivity contribution in [2.45, 2.75) is 41.5 Å². The van der Waals surface area contributed by atoms with Gasteiger partial charge in [0.15, 0.2) is 0 Å². The maximum Gasteiger partial charge on any atom is 0.251 e. The first kappa shape index (κ1) is 18.5. The zero-order valence-electron chi connectivity index (χ0n) is 13.2. The number of halogens is 1. The average molecular weight is 294 g/mol. The number of benzene rings is 1. The molecule has 0 amide bonds. The molecule has 2 rings (SSSR count). The van der Waals surface area contributed by atoms with E-state index >= 15 is 0 Å². The van der Waals surface area contributed by atoms with Crippen molar-refractivity contribution in [3.8, 4) is 11.1 Å². The third kappa shape index (κ3) is 4.86. The van der Waals surface area contributed by atoms with Crippen LogP contribution in [0.3, 0.4) is 0 Å². The lowest BCUT2D eigenvalue weighted by atomic mass is 10.0. The summed E-state index contributed by atoms with van der Waals surface area (Å²) in [6.07, 6.45) is 0. The molecule has 0 fully saturated rings. The van der Waals surface area contributed by atoms with Crippen LogP contribution in [0.15, 0.2) is 35.1 Å². The van der Waals surface area contributed by atoms with Gasteiger partial charge in [-0.2, -0.15) is 0 Å². The summed E-state index contributed by atoms with van der Waals surface area (Å²) in [5, 5.41) is 0.711. The van der Waals surface area contributed by atoms with Gasteiger partial charge in [0.05, 0.1) is 0 Å². The number of hydrogen-bond donors (Lipinski definition) is 1. The van der Waals surface area contributed by atoms with Crippen molar-refractivity contribution in [2.24, 2.45) is 0 Å². The highest BCUT2D eigenvalue weighted by Gasteiger charge is 2.04. The zero-order valence-corrected chi connectivity index (χ0v) is 13.9. The van der Waals surface area contributed by atoms with Crippen LogP contribution in [0.25, 0.3) is 11.1 Å². The van der Waals surface area contributed by atoms with E-state index in [-0.39, 0.29) is 5.56 Å². The van der Waals surface area contributed by atoms with Crippen molar-refractivity contribution in [1.29, 1.82) is 0 Å². The Morgan fingerprint density at radius 3 is 1.95 bits per heavy atom. The molecule has 0 saturated heterocycles. The average Bonchev–Trinajstić information content (AvgIpc) is 2.48. The van der Waals surface area contributed by atoms with Gasteiger partial charge in [-0.3, -0.25) is 4.79 Å². The molecule has 2 aromatic rings. The molecule has 0 aliphatic heterocycles. The van der Waals surface area contributed by atoms with Crippen molar-refractivity contribution < 1.29 is 0 Å². The van der Waals surface area contributed by atoms with Crippen LogP contribution < -0.4 is 5.56 Å². The molecule has 0 saturated carbocycles. The summed E-state index contributed by atoms with van der Waals surface area (Å²) in [5.74, 6) is 0. The van der Waals surface area contributed by atoms with Gasteiger partial charge in [0.25, 0.3) is 5.56 Å². The summed E-state index contributed by atoms with van der Waals surface area (Å²) in [7, 11) is 0. The summed E-state index contributed by atoms with van der Waals surface area (Å²) in [6.45, 7) is 11.7. The number of nitrogens with one attached hydrogen (secondary N) is 1. The third-order valence-electron chi connectivity index (χ3n) is 2.58. The molecule has 3 heteroatoms. The highest BCUT2D eigenvalue weighted by molar-refractivity contribution is 6.30. The molecule has 20 heavy (non-hydrogen) atoms. The number of pyridine rings is 1. The smallest absolute Gasteiger partial charge is 0.251 e. The molecular formula is C17H24ClNO. The molecule has 1 N–H and O–H groups in total. The molecule has 0 bridgehead atoms. The second-order valence-corrected chi connectivity index (χ2v) is 4.26. The summed E-state index contributed by atoms with van der Waals surface area (Å²) in [4.78, 5) is 14.2. The Morgan fingerprint density at radius 1 is 0.950 bits per heavy atom. The van der Waals surface area contributed by atoms with Gasteiger partial charge in [-0.1, -0.05) is 51.4 Å².